The fraction of sp³-hybridized carbons (Fsp3) is 0.100. The minimum atomic E-state index is 0.699. The maximum atomic E-state index is 10.5. The van der Waals surface area contributed by atoms with Crippen LogP contribution in [0.5, 0.6) is 0 Å². The third-order valence-electron chi connectivity index (χ3n) is 2.14. The van der Waals surface area contributed by atoms with Crippen molar-refractivity contribution in [1.82, 2.24) is 0 Å². The van der Waals surface area contributed by atoms with Crippen LogP contribution in [0, 0.1) is 0 Å². The fourth-order valence-corrected chi connectivity index (χ4v) is 1.70. The van der Waals surface area contributed by atoms with Crippen molar-refractivity contribution in [3.05, 3.63) is 35.4 Å². The van der Waals surface area contributed by atoms with Crippen LogP contribution >= 0.6 is 12.8 Å². The van der Waals surface area contributed by atoms with E-state index in [0.29, 0.717) is 6.41 Å². The molecular formula is C10H9NOS. The lowest BCUT2D eigenvalue weighted by Crippen LogP contribution is -2.08. The summed E-state index contributed by atoms with van der Waals surface area (Å²) in [5, 5.41) is 0. The Hall–Kier alpha value is -1.22. The molecule has 1 aliphatic carbocycles. The molecule has 1 amide bonds. The molecule has 0 atom stereocenters. The molecule has 0 radical (unpaired) electrons. The van der Waals surface area contributed by atoms with Gasteiger partial charge in [0.25, 0.3) is 0 Å². The minimum absolute atomic E-state index is 0.699. The first kappa shape index (κ1) is 8.38. The first-order valence-corrected chi connectivity index (χ1v) is 4.45. The molecule has 0 aliphatic heterocycles. The van der Waals surface area contributed by atoms with Crippen molar-refractivity contribution in [2.75, 3.05) is 4.31 Å². The Morgan fingerprint density at radius 2 is 2.31 bits per heavy atom. The van der Waals surface area contributed by atoms with Crippen LogP contribution in [-0.2, 0) is 11.2 Å². The number of amides is 1. The van der Waals surface area contributed by atoms with Gasteiger partial charge < -0.3 is 0 Å². The van der Waals surface area contributed by atoms with E-state index in [9.17, 15) is 4.79 Å². The van der Waals surface area contributed by atoms with Crippen LogP contribution in [0.25, 0.3) is 6.08 Å². The van der Waals surface area contributed by atoms with Crippen LogP contribution in [0.1, 0.15) is 11.1 Å². The van der Waals surface area contributed by atoms with Gasteiger partial charge in [0.15, 0.2) is 0 Å². The minimum Gasteiger partial charge on any atom is -0.277 e. The third-order valence-corrected chi connectivity index (χ3v) is 2.45. The lowest BCUT2D eigenvalue weighted by Gasteiger charge is -2.12. The molecule has 66 valence electrons. The molecule has 0 saturated carbocycles. The van der Waals surface area contributed by atoms with E-state index in [1.165, 1.54) is 9.87 Å². The largest absolute Gasteiger partial charge is 0.277 e. The molecule has 0 saturated heterocycles. The number of fused-ring (bicyclic) bond motifs is 1. The van der Waals surface area contributed by atoms with Crippen molar-refractivity contribution >= 4 is 31.0 Å². The van der Waals surface area contributed by atoms with Crippen LogP contribution in [0.3, 0.4) is 0 Å². The highest BCUT2D eigenvalue weighted by molar-refractivity contribution is 7.82. The van der Waals surface area contributed by atoms with E-state index < -0.39 is 0 Å². The molecular weight excluding hydrogens is 182 g/mol. The van der Waals surface area contributed by atoms with E-state index in [1.807, 2.05) is 18.2 Å². The van der Waals surface area contributed by atoms with Crippen molar-refractivity contribution in [3.63, 3.8) is 0 Å². The van der Waals surface area contributed by atoms with Gasteiger partial charge in [-0.3, -0.25) is 9.10 Å². The number of rotatable bonds is 2. The van der Waals surface area contributed by atoms with Crippen molar-refractivity contribution in [2.24, 2.45) is 0 Å². The summed E-state index contributed by atoms with van der Waals surface area (Å²) >= 11 is 4.05. The van der Waals surface area contributed by atoms with Gasteiger partial charge in [-0.2, -0.15) is 0 Å². The van der Waals surface area contributed by atoms with Crippen LogP contribution in [0.15, 0.2) is 24.3 Å². The molecule has 1 aromatic rings. The average molecular weight is 191 g/mol. The second-order valence-electron chi connectivity index (χ2n) is 2.91. The SMILES string of the molecule is O=CN(S)c1cccc2c1C=CC2. The molecule has 2 nitrogen and oxygen atoms in total. The summed E-state index contributed by atoms with van der Waals surface area (Å²) in [6.45, 7) is 0. The molecule has 0 heterocycles. The van der Waals surface area contributed by atoms with Crippen molar-refractivity contribution in [1.29, 1.82) is 0 Å². The number of allylic oxidation sites excluding steroid dienone is 1. The summed E-state index contributed by atoms with van der Waals surface area (Å²) in [6, 6.07) is 5.88. The number of hydrogen-bond acceptors (Lipinski definition) is 2. The highest BCUT2D eigenvalue weighted by Gasteiger charge is 2.11. The Kier molecular flexibility index (Phi) is 2.10. The maximum absolute atomic E-state index is 10.5. The van der Waals surface area contributed by atoms with Crippen LogP contribution in [-0.4, -0.2) is 6.41 Å². The quantitative estimate of drug-likeness (QED) is 0.560. The van der Waals surface area contributed by atoms with E-state index in [1.54, 1.807) is 0 Å². The van der Waals surface area contributed by atoms with Gasteiger partial charge in [0.05, 0.1) is 5.69 Å². The van der Waals surface area contributed by atoms with E-state index in [-0.39, 0.29) is 0 Å². The number of nitrogens with zero attached hydrogens (tertiary/aromatic N) is 1. The number of hydrogen-bond donors (Lipinski definition) is 1. The molecule has 0 spiro atoms. The second-order valence-corrected chi connectivity index (χ2v) is 3.34. The van der Waals surface area contributed by atoms with Crippen LogP contribution in [0.4, 0.5) is 5.69 Å². The Morgan fingerprint density at radius 3 is 3.08 bits per heavy atom. The van der Waals surface area contributed by atoms with Crippen molar-refractivity contribution < 1.29 is 4.79 Å². The van der Waals surface area contributed by atoms with Gasteiger partial charge in [-0.15, -0.1) is 0 Å². The van der Waals surface area contributed by atoms with E-state index >= 15 is 0 Å². The molecule has 0 N–H and O–H groups in total. The first-order chi connectivity index (χ1) is 6.33. The van der Waals surface area contributed by atoms with Gasteiger partial charge in [0.1, 0.15) is 0 Å². The highest BCUT2D eigenvalue weighted by Crippen LogP contribution is 2.29. The lowest BCUT2D eigenvalue weighted by molar-refractivity contribution is -0.106. The zero-order valence-corrected chi connectivity index (χ0v) is 7.87. The van der Waals surface area contributed by atoms with Gasteiger partial charge >= 0.3 is 0 Å². The van der Waals surface area contributed by atoms with Gasteiger partial charge in [-0.05, 0) is 18.1 Å². The smallest absolute Gasteiger partial charge is 0.224 e. The molecule has 0 unspecified atom stereocenters. The number of carbonyl (C=O) groups is 1. The summed E-state index contributed by atoms with van der Waals surface area (Å²) < 4.78 is 1.30. The van der Waals surface area contributed by atoms with Crippen molar-refractivity contribution in [2.45, 2.75) is 6.42 Å². The highest BCUT2D eigenvalue weighted by atomic mass is 32.1. The first-order valence-electron chi connectivity index (χ1n) is 4.05. The predicted molar refractivity (Wildman–Crippen MR) is 56.7 cm³/mol. The fourth-order valence-electron chi connectivity index (χ4n) is 1.53. The molecule has 1 aromatic carbocycles. The van der Waals surface area contributed by atoms with Gasteiger partial charge in [0, 0.05) is 5.56 Å². The lowest BCUT2D eigenvalue weighted by atomic mass is 10.1. The molecule has 0 fully saturated rings. The van der Waals surface area contributed by atoms with Gasteiger partial charge in [-0.25, -0.2) is 0 Å². The third kappa shape index (κ3) is 1.35. The molecule has 2 rings (SSSR count). The summed E-state index contributed by atoms with van der Waals surface area (Å²) in [5.74, 6) is 0. The summed E-state index contributed by atoms with van der Waals surface area (Å²) in [7, 11) is 0. The molecule has 1 aliphatic rings. The van der Waals surface area contributed by atoms with E-state index in [2.05, 4.69) is 25.0 Å². The Balaban J connectivity index is 2.52. The second kappa shape index (κ2) is 3.26. The standard InChI is InChI=1S/C10H9NOS/c12-7-11(13)10-6-2-4-8-3-1-5-9(8)10/h1-2,4-7,13H,3H2. The summed E-state index contributed by atoms with van der Waals surface area (Å²) in [5.41, 5.74) is 3.20. The van der Waals surface area contributed by atoms with E-state index in [4.69, 9.17) is 0 Å². The number of anilines is 1. The summed E-state index contributed by atoms with van der Waals surface area (Å²) in [6.07, 6.45) is 5.76. The zero-order chi connectivity index (χ0) is 9.26. The number of carbonyl (C=O) groups excluding carboxylic acids is 1. The maximum Gasteiger partial charge on any atom is 0.224 e. The topological polar surface area (TPSA) is 20.3 Å². The molecule has 13 heavy (non-hydrogen) atoms. The molecule has 3 heteroatoms. The Labute approximate surface area is 82.4 Å². The van der Waals surface area contributed by atoms with Gasteiger partial charge in [0.2, 0.25) is 6.41 Å². The van der Waals surface area contributed by atoms with E-state index in [0.717, 1.165) is 17.7 Å². The number of benzene rings is 1. The summed E-state index contributed by atoms with van der Waals surface area (Å²) in [4.78, 5) is 10.5. The monoisotopic (exact) mass is 191 g/mol. The van der Waals surface area contributed by atoms with Crippen molar-refractivity contribution in [3.8, 4) is 0 Å². The normalized spacial score (nSPS) is 12.7. The van der Waals surface area contributed by atoms with Gasteiger partial charge in [-0.1, -0.05) is 37.1 Å². The Bertz CT molecular complexity index is 373. The molecule has 0 bridgehead atoms. The van der Waals surface area contributed by atoms with Crippen LogP contribution < -0.4 is 4.31 Å². The average Bonchev–Trinajstić information content (AvgIpc) is 2.63. The zero-order valence-electron chi connectivity index (χ0n) is 6.97. The molecule has 0 aromatic heterocycles. The van der Waals surface area contributed by atoms with Crippen LogP contribution in [0.2, 0.25) is 0 Å². The number of thiol groups is 1. The Morgan fingerprint density at radius 1 is 1.46 bits per heavy atom. The predicted octanol–water partition coefficient (Wildman–Crippen LogP) is 2.06.